The second-order valence-electron chi connectivity index (χ2n) is 5.21. The summed E-state index contributed by atoms with van der Waals surface area (Å²) in [4.78, 5) is 16.9. The van der Waals surface area contributed by atoms with Gasteiger partial charge in [-0.2, -0.15) is 0 Å². The summed E-state index contributed by atoms with van der Waals surface area (Å²) in [7, 11) is 1.68. The van der Waals surface area contributed by atoms with Gasteiger partial charge in [-0.1, -0.05) is 35.9 Å². The molecule has 0 bridgehead atoms. The van der Waals surface area contributed by atoms with Crippen molar-refractivity contribution in [3.8, 4) is 23.0 Å². The minimum atomic E-state index is -0.303. The molecule has 0 N–H and O–H groups in total. The third kappa shape index (κ3) is 2.28. The second kappa shape index (κ2) is 5.58. The summed E-state index contributed by atoms with van der Waals surface area (Å²) >= 11 is 6.14. The molecule has 0 unspecified atom stereocenters. The molecule has 24 heavy (non-hydrogen) atoms. The van der Waals surface area contributed by atoms with Gasteiger partial charge in [0.25, 0.3) is 11.4 Å². The number of halogens is 1. The largest absolute Gasteiger partial charge is 0.414 e. The number of aromatic nitrogens is 4. The fraction of sp³-hybridized carbons (Fsp3) is 0.0588. The van der Waals surface area contributed by atoms with Crippen LogP contribution in [0.3, 0.4) is 0 Å². The number of para-hydroxylation sites is 2. The number of hydrogen-bond acceptors (Lipinski definition) is 5. The maximum atomic E-state index is 12.5. The van der Waals surface area contributed by atoms with Crippen LogP contribution >= 0.6 is 11.6 Å². The Bertz CT molecular complexity index is 1120. The first-order valence-electron chi connectivity index (χ1n) is 7.19. The van der Waals surface area contributed by atoms with Crippen molar-refractivity contribution in [1.29, 1.82) is 0 Å². The van der Waals surface area contributed by atoms with E-state index in [9.17, 15) is 4.79 Å². The van der Waals surface area contributed by atoms with Crippen molar-refractivity contribution in [3.05, 3.63) is 63.9 Å². The van der Waals surface area contributed by atoms with Gasteiger partial charge in [0.05, 0.1) is 21.6 Å². The molecule has 0 aliphatic rings. The Kier molecular flexibility index (Phi) is 3.39. The Labute approximate surface area is 141 Å². The fourth-order valence-electron chi connectivity index (χ4n) is 2.48. The van der Waals surface area contributed by atoms with Gasteiger partial charge in [0.1, 0.15) is 0 Å². The Morgan fingerprint density at radius 1 is 1.00 bits per heavy atom. The summed E-state index contributed by atoms with van der Waals surface area (Å²) < 4.78 is 7.15. The van der Waals surface area contributed by atoms with E-state index in [-0.39, 0.29) is 23.0 Å². The zero-order valence-electron chi connectivity index (χ0n) is 12.6. The molecule has 118 valence electrons. The molecular formula is C17H11ClN4O2. The SMILES string of the molecule is Cn1c(=O)c(-c2nnc(-c3ccccc3Cl)o2)nc2ccccc21. The molecule has 0 saturated carbocycles. The maximum absolute atomic E-state index is 12.5. The van der Waals surface area contributed by atoms with E-state index in [0.29, 0.717) is 16.1 Å². The second-order valence-corrected chi connectivity index (χ2v) is 5.61. The topological polar surface area (TPSA) is 73.8 Å². The van der Waals surface area contributed by atoms with Gasteiger partial charge in [-0.3, -0.25) is 4.79 Å². The number of benzene rings is 2. The highest BCUT2D eigenvalue weighted by Gasteiger charge is 2.18. The van der Waals surface area contributed by atoms with Crippen molar-refractivity contribution < 1.29 is 4.42 Å². The van der Waals surface area contributed by atoms with E-state index in [0.717, 1.165) is 5.52 Å². The molecule has 0 aliphatic carbocycles. The first-order chi connectivity index (χ1) is 11.6. The van der Waals surface area contributed by atoms with Crippen molar-refractivity contribution in [2.24, 2.45) is 7.05 Å². The van der Waals surface area contributed by atoms with Crippen LogP contribution in [0.5, 0.6) is 0 Å². The van der Waals surface area contributed by atoms with Crippen LogP contribution in [0.25, 0.3) is 34.1 Å². The lowest BCUT2D eigenvalue weighted by Gasteiger charge is -2.05. The molecule has 0 saturated heterocycles. The fourth-order valence-corrected chi connectivity index (χ4v) is 2.70. The molecule has 7 heteroatoms. The lowest BCUT2D eigenvalue weighted by molar-refractivity contribution is 0.580. The van der Waals surface area contributed by atoms with Gasteiger partial charge >= 0.3 is 0 Å². The van der Waals surface area contributed by atoms with Crippen LogP contribution in [0, 0.1) is 0 Å². The summed E-state index contributed by atoms with van der Waals surface area (Å²) in [6.45, 7) is 0. The van der Waals surface area contributed by atoms with Crippen LogP contribution in [0.15, 0.2) is 57.7 Å². The van der Waals surface area contributed by atoms with Crippen LogP contribution in [-0.2, 0) is 7.05 Å². The number of aryl methyl sites for hydroxylation is 1. The Hall–Kier alpha value is -2.99. The summed E-state index contributed by atoms with van der Waals surface area (Å²) in [5, 5.41) is 8.44. The molecule has 4 rings (SSSR count). The molecule has 0 atom stereocenters. The number of fused-ring (bicyclic) bond motifs is 1. The van der Waals surface area contributed by atoms with Crippen LogP contribution in [0.1, 0.15) is 0 Å². The molecule has 2 aromatic heterocycles. The maximum Gasteiger partial charge on any atom is 0.282 e. The Morgan fingerprint density at radius 2 is 1.71 bits per heavy atom. The van der Waals surface area contributed by atoms with Crippen LogP contribution in [0.4, 0.5) is 0 Å². The molecule has 2 heterocycles. The highest BCUT2D eigenvalue weighted by Crippen LogP contribution is 2.28. The van der Waals surface area contributed by atoms with E-state index >= 15 is 0 Å². The first-order valence-corrected chi connectivity index (χ1v) is 7.57. The summed E-state index contributed by atoms with van der Waals surface area (Å²) in [6, 6.07) is 14.5. The van der Waals surface area contributed by atoms with Gasteiger partial charge < -0.3 is 8.98 Å². The number of rotatable bonds is 2. The monoisotopic (exact) mass is 338 g/mol. The zero-order valence-corrected chi connectivity index (χ0v) is 13.4. The van der Waals surface area contributed by atoms with Crippen molar-refractivity contribution in [2.75, 3.05) is 0 Å². The average molecular weight is 339 g/mol. The molecule has 0 amide bonds. The van der Waals surface area contributed by atoms with E-state index in [1.807, 2.05) is 36.4 Å². The highest BCUT2D eigenvalue weighted by molar-refractivity contribution is 6.33. The van der Waals surface area contributed by atoms with Gasteiger partial charge in [-0.05, 0) is 24.3 Å². The minimum Gasteiger partial charge on any atom is -0.414 e. The van der Waals surface area contributed by atoms with Gasteiger partial charge in [0, 0.05) is 7.05 Å². The van der Waals surface area contributed by atoms with Gasteiger partial charge in [-0.25, -0.2) is 4.98 Å². The predicted octanol–water partition coefficient (Wildman–Crippen LogP) is 3.30. The molecule has 0 aliphatic heterocycles. The molecule has 0 fully saturated rings. The molecule has 6 nitrogen and oxygen atoms in total. The van der Waals surface area contributed by atoms with E-state index < -0.39 is 0 Å². The third-order valence-corrected chi connectivity index (χ3v) is 4.04. The zero-order chi connectivity index (χ0) is 16.7. The normalized spacial score (nSPS) is 11.1. The highest BCUT2D eigenvalue weighted by atomic mass is 35.5. The Morgan fingerprint density at radius 3 is 2.54 bits per heavy atom. The minimum absolute atomic E-state index is 0.0660. The van der Waals surface area contributed by atoms with Crippen molar-refractivity contribution >= 4 is 22.6 Å². The summed E-state index contributed by atoms with van der Waals surface area (Å²) in [5.41, 5.74) is 1.82. The van der Waals surface area contributed by atoms with E-state index in [4.69, 9.17) is 16.0 Å². The Balaban J connectivity index is 1.89. The molecular weight excluding hydrogens is 328 g/mol. The quantitative estimate of drug-likeness (QED) is 0.560. The van der Waals surface area contributed by atoms with Gasteiger partial charge in [0.15, 0.2) is 5.69 Å². The van der Waals surface area contributed by atoms with E-state index in [2.05, 4.69) is 15.2 Å². The number of nitrogens with zero attached hydrogens (tertiary/aromatic N) is 4. The van der Waals surface area contributed by atoms with E-state index in [1.165, 1.54) is 4.57 Å². The average Bonchev–Trinajstić information content (AvgIpc) is 3.08. The molecule has 4 aromatic rings. The van der Waals surface area contributed by atoms with Gasteiger partial charge in [0.2, 0.25) is 5.89 Å². The summed E-state index contributed by atoms with van der Waals surface area (Å²) in [6.07, 6.45) is 0. The first kappa shape index (κ1) is 14.6. The van der Waals surface area contributed by atoms with Crippen molar-refractivity contribution in [3.63, 3.8) is 0 Å². The summed E-state index contributed by atoms with van der Waals surface area (Å²) in [5.74, 6) is 0.309. The van der Waals surface area contributed by atoms with Crippen molar-refractivity contribution in [1.82, 2.24) is 19.7 Å². The molecule has 2 aromatic carbocycles. The standard InChI is InChI=1S/C17H11ClN4O2/c1-22-13-9-5-4-8-12(13)19-14(17(22)23)16-21-20-15(24-16)10-6-2-3-7-11(10)18/h2-9H,1H3. The lowest BCUT2D eigenvalue weighted by Crippen LogP contribution is -2.20. The van der Waals surface area contributed by atoms with Crippen LogP contribution < -0.4 is 5.56 Å². The van der Waals surface area contributed by atoms with Crippen LogP contribution in [0.2, 0.25) is 5.02 Å². The van der Waals surface area contributed by atoms with Crippen LogP contribution in [-0.4, -0.2) is 19.7 Å². The predicted molar refractivity (Wildman–Crippen MR) is 90.7 cm³/mol. The van der Waals surface area contributed by atoms with Gasteiger partial charge in [-0.15, -0.1) is 10.2 Å². The molecule has 0 radical (unpaired) electrons. The third-order valence-electron chi connectivity index (χ3n) is 3.71. The number of hydrogen-bond donors (Lipinski definition) is 0. The smallest absolute Gasteiger partial charge is 0.282 e. The van der Waals surface area contributed by atoms with Crippen molar-refractivity contribution in [2.45, 2.75) is 0 Å². The molecule has 0 spiro atoms. The lowest BCUT2D eigenvalue weighted by atomic mass is 10.2. The van der Waals surface area contributed by atoms with E-state index in [1.54, 1.807) is 19.2 Å².